The van der Waals surface area contributed by atoms with Gasteiger partial charge in [-0.1, -0.05) is 36.5 Å². The van der Waals surface area contributed by atoms with Crippen LogP contribution in [0.4, 0.5) is 0 Å². The number of aryl methyl sites for hydroxylation is 1. The van der Waals surface area contributed by atoms with Crippen LogP contribution in [0.1, 0.15) is 16.7 Å². The molecule has 2 aromatic carbocycles. The maximum atomic E-state index is 5.86. The average Bonchev–Trinajstić information content (AvgIpc) is 2.46. The fraction of sp³-hybridized carbons (Fsp3) is 0.188. The van der Waals surface area contributed by atoms with Crippen molar-refractivity contribution in [2.24, 2.45) is 5.73 Å². The summed E-state index contributed by atoms with van der Waals surface area (Å²) in [5.74, 6) is 1.35. The third-order valence-corrected chi connectivity index (χ3v) is 3.32. The highest BCUT2D eigenvalue weighted by Gasteiger charge is 2.09. The van der Waals surface area contributed by atoms with Crippen molar-refractivity contribution in [1.82, 2.24) is 0 Å². The molecule has 0 atom stereocenters. The van der Waals surface area contributed by atoms with Crippen molar-refractivity contribution in [3.8, 4) is 11.5 Å². The lowest BCUT2D eigenvalue weighted by Crippen LogP contribution is -2.12. The molecule has 0 aliphatic rings. The number of hydrogen-bond acceptors (Lipinski definition) is 3. The molecule has 0 saturated heterocycles. The SMILES string of the molecule is COc1ccc(C(N)=S)c(OCc2ccccc2C)c1. The van der Waals surface area contributed by atoms with Gasteiger partial charge in [-0.3, -0.25) is 0 Å². The van der Waals surface area contributed by atoms with E-state index in [-0.39, 0.29) is 0 Å². The third-order valence-electron chi connectivity index (χ3n) is 3.10. The fourth-order valence-electron chi connectivity index (χ4n) is 1.88. The van der Waals surface area contributed by atoms with Crippen LogP contribution in [0.3, 0.4) is 0 Å². The van der Waals surface area contributed by atoms with Crippen LogP contribution in [0.25, 0.3) is 0 Å². The lowest BCUT2D eigenvalue weighted by molar-refractivity contribution is 0.302. The predicted molar refractivity (Wildman–Crippen MR) is 84.4 cm³/mol. The van der Waals surface area contributed by atoms with Crippen LogP contribution in [0.5, 0.6) is 11.5 Å². The average molecular weight is 287 g/mol. The minimum absolute atomic E-state index is 0.312. The summed E-state index contributed by atoms with van der Waals surface area (Å²) < 4.78 is 11.1. The van der Waals surface area contributed by atoms with Crippen molar-refractivity contribution < 1.29 is 9.47 Å². The molecule has 0 aliphatic heterocycles. The van der Waals surface area contributed by atoms with Crippen molar-refractivity contribution >= 4 is 17.2 Å². The molecule has 0 spiro atoms. The molecule has 2 N–H and O–H groups in total. The van der Waals surface area contributed by atoms with Crippen LogP contribution in [-0.4, -0.2) is 12.1 Å². The molecule has 2 aromatic rings. The van der Waals surface area contributed by atoms with Gasteiger partial charge in [0.25, 0.3) is 0 Å². The lowest BCUT2D eigenvalue weighted by Gasteiger charge is -2.13. The first-order chi connectivity index (χ1) is 9.61. The van der Waals surface area contributed by atoms with Gasteiger partial charge < -0.3 is 15.2 Å². The van der Waals surface area contributed by atoms with Gasteiger partial charge in [0.2, 0.25) is 0 Å². The zero-order valence-electron chi connectivity index (χ0n) is 11.6. The van der Waals surface area contributed by atoms with E-state index in [4.69, 9.17) is 27.4 Å². The maximum Gasteiger partial charge on any atom is 0.133 e. The van der Waals surface area contributed by atoms with Crippen molar-refractivity contribution in [2.45, 2.75) is 13.5 Å². The van der Waals surface area contributed by atoms with Crippen LogP contribution < -0.4 is 15.2 Å². The predicted octanol–water partition coefficient (Wildman–Crippen LogP) is 3.22. The van der Waals surface area contributed by atoms with Crippen molar-refractivity contribution in [2.75, 3.05) is 7.11 Å². The molecule has 0 aliphatic carbocycles. The van der Waals surface area contributed by atoms with Crippen LogP contribution in [0.15, 0.2) is 42.5 Å². The molecule has 104 valence electrons. The van der Waals surface area contributed by atoms with Crippen LogP contribution in [0, 0.1) is 6.92 Å². The smallest absolute Gasteiger partial charge is 0.133 e. The van der Waals surface area contributed by atoms with Crippen molar-refractivity contribution in [1.29, 1.82) is 0 Å². The molecule has 0 unspecified atom stereocenters. The molecule has 20 heavy (non-hydrogen) atoms. The summed E-state index contributed by atoms with van der Waals surface area (Å²) in [5.41, 5.74) is 8.75. The van der Waals surface area contributed by atoms with Gasteiger partial charge in [0.05, 0.1) is 12.7 Å². The highest BCUT2D eigenvalue weighted by molar-refractivity contribution is 7.80. The molecule has 0 heterocycles. The normalized spacial score (nSPS) is 10.1. The summed E-state index contributed by atoms with van der Waals surface area (Å²) in [5, 5.41) is 0. The Morgan fingerprint density at radius 2 is 1.95 bits per heavy atom. The van der Waals surface area contributed by atoms with Gasteiger partial charge in [0, 0.05) is 6.07 Å². The van der Waals surface area contributed by atoms with E-state index in [1.807, 2.05) is 30.3 Å². The zero-order chi connectivity index (χ0) is 14.5. The molecule has 0 fully saturated rings. The van der Waals surface area contributed by atoms with Crippen LogP contribution in [-0.2, 0) is 6.61 Å². The topological polar surface area (TPSA) is 44.5 Å². The molecule has 0 aromatic heterocycles. The quantitative estimate of drug-likeness (QED) is 0.858. The first-order valence-electron chi connectivity index (χ1n) is 6.27. The van der Waals surface area contributed by atoms with Gasteiger partial charge in [-0.15, -0.1) is 0 Å². The fourth-order valence-corrected chi connectivity index (χ4v) is 2.05. The van der Waals surface area contributed by atoms with Crippen LogP contribution in [0.2, 0.25) is 0 Å². The standard InChI is InChI=1S/C16H17NO2S/c1-11-5-3-4-6-12(11)10-19-15-9-13(18-2)7-8-14(15)16(17)20/h3-9H,10H2,1-2H3,(H2,17,20). The summed E-state index contributed by atoms with van der Waals surface area (Å²) in [6, 6.07) is 13.5. The second kappa shape index (κ2) is 6.39. The second-order valence-electron chi connectivity index (χ2n) is 4.44. The molecule has 0 bridgehead atoms. The van der Waals surface area contributed by atoms with Crippen molar-refractivity contribution in [3.05, 3.63) is 59.2 Å². The van der Waals surface area contributed by atoms with Gasteiger partial charge >= 0.3 is 0 Å². The van der Waals surface area contributed by atoms with E-state index in [1.54, 1.807) is 13.2 Å². The Kier molecular flexibility index (Phi) is 4.58. The Labute approximate surface area is 124 Å². The summed E-state index contributed by atoms with van der Waals surface area (Å²) >= 11 is 5.04. The number of hydrogen-bond donors (Lipinski definition) is 1. The minimum atomic E-state index is 0.312. The number of benzene rings is 2. The van der Waals surface area contributed by atoms with Crippen LogP contribution >= 0.6 is 12.2 Å². The minimum Gasteiger partial charge on any atom is -0.497 e. The van der Waals surface area contributed by atoms with E-state index in [0.29, 0.717) is 23.1 Å². The first-order valence-corrected chi connectivity index (χ1v) is 6.68. The highest BCUT2D eigenvalue weighted by atomic mass is 32.1. The Balaban J connectivity index is 2.24. The Bertz CT molecular complexity index is 626. The molecular weight excluding hydrogens is 270 g/mol. The van der Waals surface area contributed by atoms with E-state index < -0.39 is 0 Å². The van der Waals surface area contributed by atoms with E-state index in [0.717, 1.165) is 11.1 Å². The Hall–Kier alpha value is -2.07. The van der Waals surface area contributed by atoms with E-state index in [1.165, 1.54) is 5.56 Å². The number of methoxy groups -OCH3 is 1. The number of ether oxygens (including phenoxy) is 2. The summed E-state index contributed by atoms with van der Waals surface area (Å²) in [6.45, 7) is 2.52. The maximum absolute atomic E-state index is 5.86. The molecule has 0 saturated carbocycles. The molecule has 0 amide bonds. The zero-order valence-corrected chi connectivity index (χ0v) is 12.4. The molecule has 3 nitrogen and oxygen atoms in total. The van der Waals surface area contributed by atoms with E-state index >= 15 is 0 Å². The number of rotatable bonds is 5. The summed E-state index contributed by atoms with van der Waals surface area (Å²) in [6.07, 6.45) is 0. The largest absolute Gasteiger partial charge is 0.497 e. The third kappa shape index (κ3) is 3.27. The molecule has 2 rings (SSSR count). The lowest BCUT2D eigenvalue weighted by atomic mass is 10.1. The summed E-state index contributed by atoms with van der Waals surface area (Å²) in [7, 11) is 1.61. The Morgan fingerprint density at radius 3 is 2.60 bits per heavy atom. The molecule has 4 heteroatoms. The van der Waals surface area contributed by atoms with Gasteiger partial charge in [-0.25, -0.2) is 0 Å². The number of nitrogens with two attached hydrogens (primary N) is 1. The van der Waals surface area contributed by atoms with E-state index in [2.05, 4.69) is 13.0 Å². The van der Waals surface area contributed by atoms with Gasteiger partial charge in [0.15, 0.2) is 0 Å². The number of thiocarbonyl (C=S) groups is 1. The van der Waals surface area contributed by atoms with Gasteiger partial charge in [-0.05, 0) is 30.2 Å². The molecular formula is C16H17NO2S. The second-order valence-corrected chi connectivity index (χ2v) is 4.88. The molecule has 0 radical (unpaired) electrons. The highest BCUT2D eigenvalue weighted by Crippen LogP contribution is 2.26. The van der Waals surface area contributed by atoms with Gasteiger partial charge in [0.1, 0.15) is 23.1 Å². The monoisotopic (exact) mass is 287 g/mol. The Morgan fingerprint density at radius 1 is 1.20 bits per heavy atom. The first kappa shape index (κ1) is 14.3. The summed E-state index contributed by atoms with van der Waals surface area (Å²) in [4.78, 5) is 0.312. The van der Waals surface area contributed by atoms with E-state index in [9.17, 15) is 0 Å². The van der Waals surface area contributed by atoms with Gasteiger partial charge in [-0.2, -0.15) is 0 Å². The van der Waals surface area contributed by atoms with Crippen molar-refractivity contribution in [3.63, 3.8) is 0 Å².